The normalized spacial score (nSPS) is 11.1. The van der Waals surface area contributed by atoms with Gasteiger partial charge in [-0.2, -0.15) is 0 Å². The second-order valence-electron chi connectivity index (χ2n) is 6.69. The Labute approximate surface area is 181 Å². The molecule has 0 unspecified atom stereocenters. The largest absolute Gasteiger partial charge is 0.485 e. The second kappa shape index (κ2) is 9.40. The number of ether oxygens (including phenoxy) is 2. The molecule has 0 aliphatic heterocycles. The molecule has 31 heavy (non-hydrogen) atoms. The standard InChI is InChI=1S/C24H20N2O4S/c27-31(28,21-5-2-1-3-6-21)23-8-4-7-22(29-17-19-9-13-25-14-10-19)24(23)30-18-20-11-15-26-16-12-20/h1-16H,17-18H2. The third kappa shape index (κ3) is 4.90. The fraction of sp³-hybridized carbons (Fsp3) is 0.0833. The van der Waals surface area contributed by atoms with Crippen molar-refractivity contribution in [1.29, 1.82) is 0 Å². The summed E-state index contributed by atoms with van der Waals surface area (Å²) in [5, 5.41) is 0. The van der Waals surface area contributed by atoms with E-state index in [1.165, 1.54) is 6.07 Å². The van der Waals surface area contributed by atoms with Crippen LogP contribution in [0.2, 0.25) is 0 Å². The molecule has 0 amide bonds. The van der Waals surface area contributed by atoms with Gasteiger partial charge in [0.25, 0.3) is 0 Å². The molecule has 0 N–H and O–H groups in total. The molecule has 156 valence electrons. The molecule has 7 heteroatoms. The van der Waals surface area contributed by atoms with Crippen LogP contribution in [0.1, 0.15) is 11.1 Å². The van der Waals surface area contributed by atoms with Gasteiger partial charge in [-0.15, -0.1) is 0 Å². The summed E-state index contributed by atoms with van der Waals surface area (Å²) in [6.45, 7) is 0.429. The van der Waals surface area contributed by atoms with Gasteiger partial charge < -0.3 is 9.47 Å². The van der Waals surface area contributed by atoms with E-state index in [0.29, 0.717) is 5.75 Å². The minimum atomic E-state index is -3.81. The Balaban J connectivity index is 1.71. The van der Waals surface area contributed by atoms with Crippen molar-refractivity contribution in [3.63, 3.8) is 0 Å². The zero-order valence-corrected chi connectivity index (χ0v) is 17.4. The van der Waals surface area contributed by atoms with E-state index in [1.807, 2.05) is 24.3 Å². The lowest BCUT2D eigenvalue weighted by atomic mass is 10.2. The van der Waals surface area contributed by atoms with Gasteiger partial charge in [-0.1, -0.05) is 24.3 Å². The maximum atomic E-state index is 13.3. The molecule has 0 atom stereocenters. The second-order valence-corrected chi connectivity index (χ2v) is 8.61. The molecule has 2 heterocycles. The van der Waals surface area contributed by atoms with Crippen LogP contribution < -0.4 is 9.47 Å². The summed E-state index contributed by atoms with van der Waals surface area (Å²) < 4.78 is 38.6. The molecule has 0 aliphatic carbocycles. The smallest absolute Gasteiger partial charge is 0.210 e. The Kier molecular flexibility index (Phi) is 6.24. The van der Waals surface area contributed by atoms with E-state index in [9.17, 15) is 8.42 Å². The predicted octanol–water partition coefficient (Wildman–Crippen LogP) is 4.47. The number of nitrogens with zero attached hydrogens (tertiary/aromatic N) is 2. The lowest BCUT2D eigenvalue weighted by Crippen LogP contribution is -2.08. The topological polar surface area (TPSA) is 78.4 Å². The van der Waals surface area contributed by atoms with Crippen molar-refractivity contribution in [2.45, 2.75) is 23.0 Å². The number of para-hydroxylation sites is 1. The average Bonchev–Trinajstić information content (AvgIpc) is 2.83. The van der Waals surface area contributed by atoms with Crippen molar-refractivity contribution in [2.24, 2.45) is 0 Å². The first-order valence-electron chi connectivity index (χ1n) is 9.61. The van der Waals surface area contributed by atoms with E-state index in [4.69, 9.17) is 9.47 Å². The summed E-state index contributed by atoms with van der Waals surface area (Å²) in [6, 6.07) is 20.4. The third-order valence-corrected chi connectivity index (χ3v) is 6.36. The van der Waals surface area contributed by atoms with Crippen molar-refractivity contribution in [1.82, 2.24) is 9.97 Å². The minimum Gasteiger partial charge on any atom is -0.485 e. The lowest BCUT2D eigenvalue weighted by molar-refractivity contribution is 0.250. The van der Waals surface area contributed by atoms with Crippen LogP contribution in [-0.4, -0.2) is 18.4 Å². The third-order valence-electron chi connectivity index (χ3n) is 4.56. The highest BCUT2D eigenvalue weighted by molar-refractivity contribution is 7.91. The first kappa shape index (κ1) is 20.6. The highest BCUT2D eigenvalue weighted by Gasteiger charge is 2.25. The molecular weight excluding hydrogens is 412 g/mol. The molecule has 0 saturated heterocycles. The van der Waals surface area contributed by atoms with Gasteiger partial charge >= 0.3 is 0 Å². The van der Waals surface area contributed by atoms with Gasteiger partial charge in [0.15, 0.2) is 11.5 Å². The maximum Gasteiger partial charge on any atom is 0.210 e. The van der Waals surface area contributed by atoms with E-state index in [-0.39, 0.29) is 28.8 Å². The van der Waals surface area contributed by atoms with Gasteiger partial charge in [0.05, 0.1) is 4.90 Å². The van der Waals surface area contributed by atoms with Crippen LogP contribution in [-0.2, 0) is 23.1 Å². The Hall–Kier alpha value is -3.71. The van der Waals surface area contributed by atoms with Gasteiger partial charge in [0.2, 0.25) is 9.84 Å². The lowest BCUT2D eigenvalue weighted by Gasteiger charge is -2.17. The van der Waals surface area contributed by atoms with Crippen molar-refractivity contribution in [3.8, 4) is 11.5 Å². The summed E-state index contributed by atoms with van der Waals surface area (Å²) in [4.78, 5) is 8.24. The van der Waals surface area contributed by atoms with Crippen molar-refractivity contribution < 1.29 is 17.9 Å². The number of sulfone groups is 1. The van der Waals surface area contributed by atoms with Crippen LogP contribution in [0.15, 0.2) is 107 Å². The van der Waals surface area contributed by atoms with Gasteiger partial charge in [-0.05, 0) is 59.7 Å². The van der Waals surface area contributed by atoms with E-state index in [1.54, 1.807) is 67.3 Å². The van der Waals surface area contributed by atoms with E-state index in [2.05, 4.69) is 9.97 Å². The summed E-state index contributed by atoms with van der Waals surface area (Å²) in [5.41, 5.74) is 1.77. The van der Waals surface area contributed by atoms with Crippen LogP contribution in [0.25, 0.3) is 0 Å². The molecule has 0 spiro atoms. The zero-order valence-electron chi connectivity index (χ0n) is 16.6. The number of rotatable bonds is 8. The van der Waals surface area contributed by atoms with Crippen LogP contribution in [0.3, 0.4) is 0 Å². The number of hydrogen-bond acceptors (Lipinski definition) is 6. The first-order valence-corrected chi connectivity index (χ1v) is 11.1. The fourth-order valence-corrected chi connectivity index (χ4v) is 4.40. The number of aromatic nitrogens is 2. The predicted molar refractivity (Wildman–Crippen MR) is 115 cm³/mol. The Morgan fingerprint density at radius 1 is 0.645 bits per heavy atom. The number of pyridine rings is 2. The Bertz CT molecular complexity index is 1230. The van der Waals surface area contributed by atoms with Crippen LogP contribution in [0.4, 0.5) is 0 Å². The average molecular weight is 433 g/mol. The van der Waals surface area contributed by atoms with Crippen LogP contribution >= 0.6 is 0 Å². The molecule has 0 bridgehead atoms. The quantitative estimate of drug-likeness (QED) is 0.409. The summed E-state index contributed by atoms with van der Waals surface area (Å²) in [5.74, 6) is 0.528. The molecular formula is C24H20N2O4S. The van der Waals surface area contributed by atoms with Crippen LogP contribution in [0, 0.1) is 0 Å². The van der Waals surface area contributed by atoms with E-state index >= 15 is 0 Å². The molecule has 0 fully saturated rings. The molecule has 0 aliphatic rings. The summed E-state index contributed by atoms with van der Waals surface area (Å²) in [7, 11) is -3.81. The maximum absolute atomic E-state index is 13.3. The SMILES string of the molecule is O=S(=O)(c1ccccc1)c1cccc(OCc2ccncc2)c1OCc1ccncc1. The van der Waals surface area contributed by atoms with E-state index in [0.717, 1.165) is 11.1 Å². The highest BCUT2D eigenvalue weighted by Crippen LogP contribution is 2.38. The zero-order chi connectivity index (χ0) is 21.5. The van der Waals surface area contributed by atoms with E-state index < -0.39 is 9.84 Å². The van der Waals surface area contributed by atoms with Crippen molar-refractivity contribution >= 4 is 9.84 Å². The van der Waals surface area contributed by atoms with Gasteiger partial charge in [0, 0.05) is 24.8 Å². The molecule has 2 aromatic heterocycles. The van der Waals surface area contributed by atoms with Gasteiger partial charge in [0.1, 0.15) is 18.1 Å². The summed E-state index contributed by atoms with van der Waals surface area (Å²) in [6.07, 6.45) is 6.67. The van der Waals surface area contributed by atoms with Crippen molar-refractivity contribution in [3.05, 3.63) is 109 Å². The number of benzene rings is 2. The highest BCUT2D eigenvalue weighted by atomic mass is 32.2. The Morgan fingerprint density at radius 3 is 1.84 bits per heavy atom. The number of hydrogen-bond donors (Lipinski definition) is 0. The monoisotopic (exact) mass is 432 g/mol. The van der Waals surface area contributed by atoms with Gasteiger partial charge in [-0.3, -0.25) is 9.97 Å². The minimum absolute atomic E-state index is 0.0555. The fourth-order valence-electron chi connectivity index (χ4n) is 2.96. The Morgan fingerprint density at radius 2 is 1.23 bits per heavy atom. The van der Waals surface area contributed by atoms with Gasteiger partial charge in [-0.25, -0.2) is 8.42 Å². The van der Waals surface area contributed by atoms with Crippen LogP contribution in [0.5, 0.6) is 11.5 Å². The molecule has 4 aromatic rings. The summed E-state index contributed by atoms with van der Waals surface area (Å²) >= 11 is 0. The van der Waals surface area contributed by atoms with Crippen molar-refractivity contribution in [2.75, 3.05) is 0 Å². The molecule has 2 aromatic carbocycles. The molecule has 4 rings (SSSR count). The molecule has 0 radical (unpaired) electrons. The first-order chi connectivity index (χ1) is 15.1. The molecule has 0 saturated carbocycles. The molecule has 6 nitrogen and oxygen atoms in total.